The fourth-order valence-electron chi connectivity index (χ4n) is 7.58. The first kappa shape index (κ1) is 131. The Kier molecular flexibility index (Phi) is 110. The number of allylic oxidation sites excluding steroid dienone is 2. The second kappa shape index (κ2) is 83.5. The number of hydrogen-bond donors (Lipinski definition) is 0. The zero-order valence-corrected chi connectivity index (χ0v) is 90.5. The number of imide groups is 2. The molecule has 2 heterocycles. The van der Waals surface area contributed by atoms with Crippen molar-refractivity contribution < 1.29 is 306 Å². The minimum Gasteiger partial charge on any atom is -0.541 e. The van der Waals surface area contributed by atoms with Gasteiger partial charge in [-0.25, -0.2) is 0 Å². The monoisotopic (exact) mass is 2110 g/mol. The molecule has 552 valence electrons. The van der Waals surface area contributed by atoms with Crippen LogP contribution >= 0.6 is 118 Å². The molecule has 0 saturated carbocycles. The third-order valence-corrected chi connectivity index (χ3v) is 22.0. The topological polar surface area (TPSA) is 280 Å². The van der Waals surface area contributed by atoms with Crippen molar-refractivity contribution in [1.29, 1.82) is 0 Å². The van der Waals surface area contributed by atoms with Gasteiger partial charge in [-0.05, 0) is 74.8 Å². The second-order valence-electron chi connectivity index (χ2n) is 20.3. The van der Waals surface area contributed by atoms with Crippen LogP contribution in [-0.2, 0) is 306 Å². The normalized spacial score (nSPS) is 14.8. The molecule has 2 aliphatic heterocycles. The molecule has 6 radical (unpaired) electrons. The Bertz CT molecular complexity index is 2330. The number of carbonyl (C=O) groups is 15. The Morgan fingerprint density at radius 2 is 0.780 bits per heavy atom. The van der Waals surface area contributed by atoms with Gasteiger partial charge in [-0.1, -0.05) is 69.2 Å². The van der Waals surface area contributed by atoms with Crippen LogP contribution in [0.25, 0.3) is 0 Å². The van der Waals surface area contributed by atoms with Gasteiger partial charge in [-0.2, -0.15) is 94.1 Å². The quantitative estimate of drug-likeness (QED) is 0.0313. The van der Waals surface area contributed by atoms with Gasteiger partial charge in [-0.15, -0.1) is 35.7 Å². The maximum Gasteiger partial charge on any atom is 3.00 e. The van der Waals surface area contributed by atoms with Gasteiger partial charge < -0.3 is 32.5 Å². The van der Waals surface area contributed by atoms with Crippen LogP contribution in [0.2, 0.25) is 0 Å². The van der Waals surface area contributed by atoms with Crippen molar-refractivity contribution in [3.8, 4) is 0 Å². The number of ketones is 11. The first-order chi connectivity index (χ1) is 43.8. The summed E-state index contributed by atoms with van der Waals surface area (Å²) in [6, 6.07) is 0. The van der Waals surface area contributed by atoms with Crippen molar-refractivity contribution in [2.45, 2.75) is 161 Å². The largest absolute Gasteiger partial charge is 3.00 e. The number of nitrogens with zero attached hydrogens (tertiary/aromatic N) is 2. The molecule has 2 fully saturated rings. The minimum atomic E-state index is -0.578. The van der Waals surface area contributed by atoms with E-state index in [0.29, 0.717) is 77.8 Å². The van der Waals surface area contributed by atoms with Crippen molar-refractivity contribution in [2.75, 3.05) is 98.7 Å². The number of carbonyl (C=O) groups excluding carboxylic acids is 16. The summed E-state index contributed by atoms with van der Waals surface area (Å²) in [6.45, 7) is 21.1. The summed E-state index contributed by atoms with van der Waals surface area (Å²) in [5.41, 5.74) is 0. The van der Waals surface area contributed by atoms with Crippen LogP contribution in [-0.4, -0.2) is 223 Å². The number of thioether (sulfide) groups is 10. The molecule has 0 aromatic rings. The van der Waals surface area contributed by atoms with Crippen molar-refractivity contribution in [3.05, 3.63) is 23.2 Å². The van der Waals surface area contributed by atoms with Crippen molar-refractivity contribution in [3.63, 3.8) is 0 Å². The minimum absolute atomic E-state index is 0. The predicted molar refractivity (Wildman–Crippen MR) is 402 cm³/mol. The first-order valence-electron chi connectivity index (χ1n) is 30.2. The van der Waals surface area contributed by atoms with Crippen LogP contribution in [0.4, 0.5) is 0 Å². The third kappa shape index (κ3) is 58.8. The molecular formula is C65H105N2O16S10Y7. The van der Waals surface area contributed by atoms with Gasteiger partial charge in [0.1, 0.15) is 40.5 Å². The zero-order valence-electron chi connectivity index (χ0n) is 62.5. The average Bonchev–Trinajstić information content (AvgIpc) is 1.66. The van der Waals surface area contributed by atoms with Crippen molar-refractivity contribution in [2.24, 2.45) is 23.7 Å². The van der Waals surface area contributed by atoms with Crippen molar-refractivity contribution in [1.82, 2.24) is 9.80 Å². The molecule has 0 N–H and O–H groups in total. The van der Waals surface area contributed by atoms with E-state index in [1.165, 1.54) is 124 Å². The molecule has 2 aliphatic rings. The van der Waals surface area contributed by atoms with Gasteiger partial charge in [0.05, 0.1) is 42.3 Å². The summed E-state index contributed by atoms with van der Waals surface area (Å²) in [5, 5.41) is -1.09. The number of hydrogen-bond acceptors (Lipinski definition) is 26. The molecule has 0 aliphatic carbocycles. The summed E-state index contributed by atoms with van der Waals surface area (Å²) in [4.78, 5) is 186. The predicted octanol–water partition coefficient (Wildman–Crippen LogP) is 11.3. The maximum atomic E-state index is 12.5. The summed E-state index contributed by atoms with van der Waals surface area (Å²) >= 11 is 14.3. The molecule has 6 unspecified atom stereocenters. The van der Waals surface area contributed by atoms with Gasteiger partial charge >= 0.3 is 32.7 Å². The van der Waals surface area contributed by atoms with Gasteiger partial charge in [0.2, 0.25) is 23.6 Å². The van der Waals surface area contributed by atoms with Gasteiger partial charge in [-0.3, -0.25) is 73.6 Å². The van der Waals surface area contributed by atoms with Crippen LogP contribution in [0.3, 0.4) is 0 Å². The van der Waals surface area contributed by atoms with E-state index in [1.807, 2.05) is 91.6 Å². The molecule has 0 aromatic heterocycles. The molecule has 0 aromatic carbocycles. The summed E-state index contributed by atoms with van der Waals surface area (Å²) in [7, 11) is 0. The number of likely N-dealkylation sites (tertiary alicyclic amines) is 2. The number of amides is 4. The fourth-order valence-corrected chi connectivity index (χ4v) is 14.6. The van der Waals surface area contributed by atoms with Gasteiger partial charge in [0, 0.05) is 302 Å². The Hall–Kier alpha value is 5.03. The van der Waals surface area contributed by atoms with Gasteiger partial charge in [0.25, 0.3) is 0 Å². The van der Waals surface area contributed by atoms with E-state index in [4.69, 9.17) is 0 Å². The standard InChI is InChI=1S/C20H28N2O6S2.2C10H18O2S2.C10H16O2S2.C8H13O2S.C4H7O.C3H5OS.7Y/c1-11(13(23)5-7-21-17(25)9-15(29-3)19(21)27)12(2)14(24)6-8-22-18(26)10-16(30-4)20(22)28;1-7(9(11)5-13-3)8(2)10(12)6-14-4;2*1-5-7(11)9(13-3)10(14-4)8(12)6-2;1-3-7(9)4-5-8(10)6-11-2;1-3-4(2)5;1-5-3-2-4;;;;;;;/h11-12,15-16H,5-10H2,1-4H3;7-8H,5-6H2,1-4H3;9-10H,5-6H2,1-4H3;5-6H2,1-4H3;5H,3-4,6H2,1-2H3;2-3H2,1H3;3H2,1H3;;;;;;;/q;;;;3*-1;;;;;;;+3/b;;;10-9-;;;;;;;;;;/t11-,12?,15?,16?;7-,8?;;;;;;;;;;;;/m00............/s1. The Labute approximate surface area is 818 Å². The van der Waals surface area contributed by atoms with E-state index in [2.05, 4.69) is 6.92 Å². The molecule has 100 heavy (non-hydrogen) atoms. The molecule has 0 bridgehead atoms. The Morgan fingerprint density at radius 1 is 0.470 bits per heavy atom. The molecule has 35 heteroatoms. The van der Waals surface area contributed by atoms with Gasteiger partial charge in [0.15, 0.2) is 11.6 Å². The Balaban J connectivity index is -0.0000000962. The average molecular weight is 2110 g/mol. The molecule has 0 spiro atoms. The third-order valence-electron chi connectivity index (χ3n) is 14.0. The molecule has 4 amide bonds. The molecule has 18 nitrogen and oxygen atoms in total. The summed E-state index contributed by atoms with van der Waals surface area (Å²) in [6.07, 6.45) is 25.4. The van der Waals surface area contributed by atoms with E-state index in [9.17, 15) is 76.7 Å². The second-order valence-corrected chi connectivity index (χ2v) is 29.4. The number of rotatable bonds is 40. The van der Waals surface area contributed by atoms with E-state index >= 15 is 0 Å². The molecule has 8 atom stereocenters. The SMILES string of the molecule is CCC(=O)/C(SC)=C(/SC)C(=O)CC.CCC(=O)C(SC)C(SC)C(=O)CC.CCC(=O)C[CH-]C(=O)CSC.CSC1CC(=O)N(CCC(=O)C(C)[C@H](C)C(=O)CCN2C(=O)CC(SC)C2=O)C1=O.CSCC(=O)C(C)[C@H](C)C(=O)CSC.CSC[C-]=O.[CH2-]C(=O)CC.[Y+3].[Y].[Y].[Y].[Y].[Y].[Y]. The first-order valence-corrected chi connectivity index (χ1v) is 43.3. The number of Topliss-reactive ketones (excluding diaryl/α,β-unsaturated/α-hetero) is 11. The van der Waals surface area contributed by atoms with Crippen LogP contribution in [0.15, 0.2) is 9.81 Å². The van der Waals surface area contributed by atoms with Crippen LogP contribution in [0, 0.1) is 37.0 Å². The summed E-state index contributed by atoms with van der Waals surface area (Å²) in [5.74, 6) is 0.140. The van der Waals surface area contributed by atoms with Crippen LogP contribution < -0.4 is 0 Å². The summed E-state index contributed by atoms with van der Waals surface area (Å²) < 4.78 is 0. The van der Waals surface area contributed by atoms with E-state index in [1.54, 1.807) is 46.5 Å². The fraction of sp³-hybridized carbons (Fsp3) is 0.692. The van der Waals surface area contributed by atoms with Crippen molar-refractivity contribution >= 4 is 211 Å². The zero-order chi connectivity index (χ0) is 73.1. The molecular weight excluding hydrogens is 2010 g/mol. The Morgan fingerprint density at radius 3 is 0.980 bits per heavy atom. The van der Waals surface area contributed by atoms with Crippen LogP contribution in [0.5, 0.6) is 0 Å². The molecule has 2 saturated heterocycles. The van der Waals surface area contributed by atoms with E-state index in [0.717, 1.165) is 9.80 Å². The maximum absolute atomic E-state index is 12.5. The smallest absolute Gasteiger partial charge is 0.541 e. The van der Waals surface area contributed by atoms with E-state index in [-0.39, 0.29) is 388 Å². The molecule has 2 rings (SSSR count). The van der Waals surface area contributed by atoms with E-state index < -0.39 is 11.8 Å². The van der Waals surface area contributed by atoms with Crippen LogP contribution in [0.1, 0.15) is 140 Å².